The van der Waals surface area contributed by atoms with Crippen molar-refractivity contribution in [3.63, 3.8) is 0 Å². The van der Waals surface area contributed by atoms with Gasteiger partial charge >= 0.3 is 6.03 Å². The molecule has 6 N–H and O–H groups in total. The number of halogens is 1. The number of nitrogens with two attached hydrogens (primary N) is 1. The molecule has 0 radical (unpaired) electrons. The third-order valence-electron chi connectivity index (χ3n) is 3.88. The molecule has 0 unspecified atom stereocenters. The van der Waals surface area contributed by atoms with E-state index in [4.69, 9.17) is 5.73 Å². The maximum Gasteiger partial charge on any atom is 0.323 e. The van der Waals surface area contributed by atoms with Crippen molar-refractivity contribution in [1.82, 2.24) is 5.32 Å². The molecule has 0 aromatic heterocycles. The van der Waals surface area contributed by atoms with Crippen LogP contribution in [0.25, 0.3) is 0 Å². The van der Waals surface area contributed by atoms with Crippen molar-refractivity contribution in [1.29, 1.82) is 0 Å². The zero-order valence-electron chi connectivity index (χ0n) is 16.3. The Kier molecular flexibility index (Phi) is 9.64. The van der Waals surface area contributed by atoms with Crippen LogP contribution in [-0.2, 0) is 9.59 Å². The number of amides is 4. The smallest absolute Gasteiger partial charge is 0.323 e. The molecule has 0 heterocycles. The third-order valence-corrected chi connectivity index (χ3v) is 3.88. The SMILES string of the molecule is CC(C)[C@H](N)C(=O)NCC(=O)Nc1cccc(NC(=O)Nc2ccccc2)c1.Cl. The van der Waals surface area contributed by atoms with E-state index in [2.05, 4.69) is 21.3 Å². The van der Waals surface area contributed by atoms with Crippen molar-refractivity contribution >= 4 is 47.3 Å². The van der Waals surface area contributed by atoms with Gasteiger partial charge in [0.15, 0.2) is 0 Å². The van der Waals surface area contributed by atoms with Crippen LogP contribution in [-0.4, -0.2) is 30.4 Å². The van der Waals surface area contributed by atoms with Crippen LogP contribution in [0.2, 0.25) is 0 Å². The lowest BCUT2D eigenvalue weighted by Crippen LogP contribution is -2.46. The normalized spacial score (nSPS) is 11.0. The second kappa shape index (κ2) is 11.7. The van der Waals surface area contributed by atoms with Gasteiger partial charge in [-0.05, 0) is 36.2 Å². The molecular weight excluding hydrogens is 394 g/mol. The molecule has 2 aromatic rings. The zero-order valence-corrected chi connectivity index (χ0v) is 17.1. The van der Waals surface area contributed by atoms with E-state index in [-0.39, 0.29) is 30.8 Å². The maximum absolute atomic E-state index is 12.0. The number of carbonyl (C=O) groups excluding carboxylic acids is 3. The predicted molar refractivity (Wildman–Crippen MR) is 117 cm³/mol. The summed E-state index contributed by atoms with van der Waals surface area (Å²) in [6.45, 7) is 3.47. The number of rotatable bonds is 7. The Balaban J connectivity index is 0.00000420. The Hall–Kier alpha value is -3.10. The average molecular weight is 420 g/mol. The fourth-order valence-electron chi connectivity index (χ4n) is 2.28. The van der Waals surface area contributed by atoms with Gasteiger partial charge in [0.2, 0.25) is 11.8 Å². The van der Waals surface area contributed by atoms with Gasteiger partial charge in [-0.1, -0.05) is 38.1 Å². The molecule has 29 heavy (non-hydrogen) atoms. The minimum Gasteiger partial charge on any atom is -0.346 e. The Morgan fingerprint density at radius 2 is 1.41 bits per heavy atom. The highest BCUT2D eigenvalue weighted by Gasteiger charge is 2.17. The molecule has 4 amide bonds. The zero-order chi connectivity index (χ0) is 20.5. The summed E-state index contributed by atoms with van der Waals surface area (Å²) >= 11 is 0. The van der Waals surface area contributed by atoms with Gasteiger partial charge in [-0.25, -0.2) is 4.79 Å². The van der Waals surface area contributed by atoms with E-state index in [1.807, 2.05) is 32.0 Å². The van der Waals surface area contributed by atoms with Crippen LogP contribution >= 0.6 is 12.4 Å². The molecule has 0 aliphatic carbocycles. The van der Waals surface area contributed by atoms with Gasteiger partial charge in [0, 0.05) is 17.1 Å². The molecule has 0 fully saturated rings. The summed E-state index contributed by atoms with van der Waals surface area (Å²) in [5, 5.41) is 10.6. The molecular formula is C20H26ClN5O3. The van der Waals surface area contributed by atoms with Crippen molar-refractivity contribution in [3.8, 4) is 0 Å². The lowest BCUT2D eigenvalue weighted by atomic mass is 10.1. The van der Waals surface area contributed by atoms with Crippen molar-refractivity contribution in [3.05, 3.63) is 54.6 Å². The topological polar surface area (TPSA) is 125 Å². The summed E-state index contributed by atoms with van der Waals surface area (Å²) in [6.07, 6.45) is 0. The minimum atomic E-state index is -0.663. The van der Waals surface area contributed by atoms with E-state index in [0.717, 1.165) is 0 Å². The van der Waals surface area contributed by atoms with Crippen LogP contribution in [0.3, 0.4) is 0 Å². The van der Waals surface area contributed by atoms with Crippen LogP contribution in [0, 0.1) is 5.92 Å². The summed E-state index contributed by atoms with van der Waals surface area (Å²) < 4.78 is 0. The van der Waals surface area contributed by atoms with Gasteiger partial charge < -0.3 is 27.0 Å². The second-order valence-corrected chi connectivity index (χ2v) is 6.56. The van der Waals surface area contributed by atoms with E-state index in [1.54, 1.807) is 36.4 Å². The largest absolute Gasteiger partial charge is 0.346 e. The number of hydrogen-bond donors (Lipinski definition) is 5. The quantitative estimate of drug-likeness (QED) is 0.473. The van der Waals surface area contributed by atoms with E-state index < -0.39 is 18.0 Å². The number of para-hydroxylation sites is 1. The predicted octanol–water partition coefficient (Wildman–Crippen LogP) is 2.79. The molecule has 8 nitrogen and oxygen atoms in total. The number of hydrogen-bond acceptors (Lipinski definition) is 4. The van der Waals surface area contributed by atoms with Crippen molar-refractivity contribution < 1.29 is 14.4 Å². The van der Waals surface area contributed by atoms with Gasteiger partial charge in [-0.2, -0.15) is 0 Å². The van der Waals surface area contributed by atoms with Crippen molar-refractivity contribution in [2.75, 3.05) is 22.5 Å². The molecule has 0 spiro atoms. The first-order valence-electron chi connectivity index (χ1n) is 8.91. The summed E-state index contributed by atoms with van der Waals surface area (Å²) in [7, 11) is 0. The summed E-state index contributed by atoms with van der Waals surface area (Å²) in [5.74, 6) is -0.791. The van der Waals surface area contributed by atoms with Crippen LogP contribution in [0.15, 0.2) is 54.6 Å². The molecule has 0 bridgehead atoms. The Morgan fingerprint density at radius 1 is 0.862 bits per heavy atom. The Labute approximate surface area is 176 Å². The molecule has 1 atom stereocenters. The van der Waals surface area contributed by atoms with Gasteiger partial charge in [0.25, 0.3) is 0 Å². The Morgan fingerprint density at radius 3 is 2.03 bits per heavy atom. The first kappa shape index (κ1) is 23.9. The fraction of sp³-hybridized carbons (Fsp3) is 0.250. The van der Waals surface area contributed by atoms with Crippen LogP contribution < -0.4 is 27.0 Å². The first-order valence-corrected chi connectivity index (χ1v) is 8.91. The highest BCUT2D eigenvalue weighted by Crippen LogP contribution is 2.15. The lowest BCUT2D eigenvalue weighted by molar-refractivity contribution is -0.125. The monoisotopic (exact) mass is 419 g/mol. The summed E-state index contributed by atoms with van der Waals surface area (Å²) in [4.78, 5) is 35.9. The van der Waals surface area contributed by atoms with Gasteiger partial charge in [-0.3, -0.25) is 9.59 Å². The van der Waals surface area contributed by atoms with Crippen LogP contribution in [0.1, 0.15) is 13.8 Å². The van der Waals surface area contributed by atoms with Crippen LogP contribution in [0.5, 0.6) is 0 Å². The molecule has 0 saturated carbocycles. The number of nitrogens with one attached hydrogen (secondary N) is 4. The minimum absolute atomic E-state index is 0. The standard InChI is InChI=1S/C20H25N5O3.ClH/c1-13(2)18(21)19(27)22-12-17(26)23-15-9-6-10-16(11-15)25-20(28)24-14-7-4-3-5-8-14;/h3-11,13,18H,12,21H2,1-2H3,(H,22,27)(H,23,26)(H2,24,25,28);1H/t18-;/m0./s1. The highest BCUT2D eigenvalue weighted by atomic mass is 35.5. The van der Waals surface area contributed by atoms with Crippen molar-refractivity contribution in [2.45, 2.75) is 19.9 Å². The van der Waals surface area contributed by atoms with Gasteiger partial charge in [0.1, 0.15) is 0 Å². The van der Waals surface area contributed by atoms with Crippen molar-refractivity contribution in [2.24, 2.45) is 11.7 Å². The maximum atomic E-state index is 12.0. The van der Waals surface area contributed by atoms with E-state index in [1.165, 1.54) is 0 Å². The number of benzene rings is 2. The van der Waals surface area contributed by atoms with E-state index in [9.17, 15) is 14.4 Å². The molecule has 0 aliphatic rings. The molecule has 156 valence electrons. The summed E-state index contributed by atoms with van der Waals surface area (Å²) in [6, 6.07) is 14.7. The second-order valence-electron chi connectivity index (χ2n) is 6.56. The fourth-order valence-corrected chi connectivity index (χ4v) is 2.28. The molecule has 0 aliphatic heterocycles. The molecule has 2 aromatic carbocycles. The lowest BCUT2D eigenvalue weighted by Gasteiger charge is -2.15. The highest BCUT2D eigenvalue weighted by molar-refractivity contribution is 6.00. The van der Waals surface area contributed by atoms with Crippen LogP contribution in [0.4, 0.5) is 21.9 Å². The van der Waals surface area contributed by atoms with E-state index in [0.29, 0.717) is 17.1 Å². The number of carbonyl (C=O) groups is 3. The van der Waals surface area contributed by atoms with Gasteiger partial charge in [-0.15, -0.1) is 12.4 Å². The summed E-state index contributed by atoms with van der Waals surface area (Å²) in [5.41, 5.74) is 7.40. The number of urea groups is 1. The molecule has 0 saturated heterocycles. The van der Waals surface area contributed by atoms with E-state index >= 15 is 0 Å². The average Bonchev–Trinajstić information content (AvgIpc) is 2.66. The number of anilines is 3. The molecule has 2 rings (SSSR count). The third kappa shape index (κ3) is 8.20. The first-order chi connectivity index (χ1) is 13.3. The molecule has 9 heteroatoms. The Bertz CT molecular complexity index is 830. The van der Waals surface area contributed by atoms with Gasteiger partial charge in [0.05, 0.1) is 12.6 Å².